The van der Waals surface area contributed by atoms with Gasteiger partial charge < -0.3 is 18.9 Å². The van der Waals surface area contributed by atoms with Gasteiger partial charge in [0.15, 0.2) is 30.1 Å². The van der Waals surface area contributed by atoms with E-state index in [4.69, 9.17) is 18.9 Å². The number of hydrogen-bond acceptors (Lipinski definition) is 9. The summed E-state index contributed by atoms with van der Waals surface area (Å²) < 4.78 is 38.8. The minimum Gasteiger partial charge on any atom is -0.455 e. The molecule has 1 saturated heterocycles. The van der Waals surface area contributed by atoms with Gasteiger partial charge in [0, 0.05) is 12.8 Å². The average molecular weight is 724 g/mol. The zero-order valence-corrected chi connectivity index (χ0v) is 31.9. The zero-order valence-electron chi connectivity index (χ0n) is 31.9. The van der Waals surface area contributed by atoms with Crippen molar-refractivity contribution in [3.63, 3.8) is 0 Å². The lowest BCUT2D eigenvalue weighted by molar-refractivity contribution is -0.168. The van der Waals surface area contributed by atoms with E-state index in [0.717, 1.165) is 62.1 Å². The number of hydrogen-bond donors (Lipinski definition) is 1. The number of nitrogens with zero attached hydrogens (tertiary/aromatic N) is 2. The van der Waals surface area contributed by atoms with Gasteiger partial charge in [-0.15, -0.1) is 0 Å². The van der Waals surface area contributed by atoms with Crippen LogP contribution in [0.25, 0.3) is 0 Å². The van der Waals surface area contributed by atoms with Crippen molar-refractivity contribution in [3.05, 3.63) is 22.5 Å². The summed E-state index contributed by atoms with van der Waals surface area (Å²) in [5.74, 6) is -2.57. The molecule has 0 spiro atoms. The molecule has 11 nitrogen and oxygen atoms in total. The van der Waals surface area contributed by atoms with E-state index in [9.17, 15) is 19.2 Å². The number of rotatable bonds is 28. The van der Waals surface area contributed by atoms with E-state index in [1.165, 1.54) is 64.2 Å². The molecule has 2 heterocycles. The van der Waals surface area contributed by atoms with E-state index in [0.29, 0.717) is 19.3 Å². The summed E-state index contributed by atoms with van der Waals surface area (Å²) in [7, 11) is 0. The molecule has 0 radical (unpaired) electrons. The molecule has 292 valence electrons. The second kappa shape index (κ2) is 26.7. The highest BCUT2D eigenvalue weighted by molar-refractivity contribution is 5.83. The first-order chi connectivity index (χ1) is 24.7. The fourth-order valence-electron chi connectivity index (χ4n) is 6.26. The molecule has 2 rings (SSSR count). The molecule has 1 fully saturated rings. The Kier molecular flexibility index (Phi) is 23.1. The molecule has 0 aromatic carbocycles. The van der Waals surface area contributed by atoms with Crippen molar-refractivity contribution in [2.45, 2.75) is 200 Å². The third kappa shape index (κ3) is 17.8. The summed E-state index contributed by atoms with van der Waals surface area (Å²) in [5.41, 5.74) is -0.948. The minimum absolute atomic E-state index is 0.150. The largest absolute Gasteiger partial charge is 0.455 e. The molecule has 1 aliphatic rings. The number of esters is 2. The van der Waals surface area contributed by atoms with E-state index >= 15 is 4.39 Å². The van der Waals surface area contributed by atoms with Crippen LogP contribution in [-0.4, -0.2) is 52.5 Å². The SMILES string of the molecule is CCCCCCCCCCCC(=O)O[C@@H]1[C@H](OC(=O)CCCCCCCCCCC)[C@@H](C)O[C@H]1n1cc(F)c(NC(=O)OCCCCC)nc1=O. The number of unbranched alkanes of at least 4 members (excludes halogenated alkanes) is 18. The molecular formula is C39H66FN3O8. The van der Waals surface area contributed by atoms with E-state index in [2.05, 4.69) is 24.1 Å². The fourth-order valence-corrected chi connectivity index (χ4v) is 6.26. The van der Waals surface area contributed by atoms with Crippen LogP contribution in [0.5, 0.6) is 0 Å². The Morgan fingerprint density at radius 2 is 1.18 bits per heavy atom. The van der Waals surface area contributed by atoms with Gasteiger partial charge in [-0.1, -0.05) is 136 Å². The molecule has 51 heavy (non-hydrogen) atoms. The van der Waals surface area contributed by atoms with Crippen molar-refractivity contribution in [2.24, 2.45) is 0 Å². The van der Waals surface area contributed by atoms with Crippen LogP contribution in [0.15, 0.2) is 11.0 Å². The lowest BCUT2D eigenvalue weighted by atomic mass is 10.1. The van der Waals surface area contributed by atoms with Crippen LogP contribution in [0.1, 0.15) is 182 Å². The Morgan fingerprint density at radius 3 is 1.69 bits per heavy atom. The van der Waals surface area contributed by atoms with Crippen LogP contribution in [0, 0.1) is 5.82 Å². The lowest BCUT2D eigenvalue weighted by Gasteiger charge is -2.24. The van der Waals surface area contributed by atoms with Gasteiger partial charge in [0.25, 0.3) is 0 Å². The Balaban J connectivity index is 2.05. The number of nitrogens with one attached hydrogen (secondary N) is 1. The van der Waals surface area contributed by atoms with Crippen molar-refractivity contribution in [2.75, 3.05) is 11.9 Å². The van der Waals surface area contributed by atoms with Gasteiger partial charge in [0.1, 0.15) is 0 Å². The minimum atomic E-state index is -1.30. The van der Waals surface area contributed by atoms with Gasteiger partial charge in [0.05, 0.1) is 18.9 Å². The number of carbonyl (C=O) groups is 3. The zero-order chi connectivity index (χ0) is 37.3. The second-order valence-corrected chi connectivity index (χ2v) is 13.9. The first-order valence-electron chi connectivity index (χ1n) is 20.0. The molecular weight excluding hydrogens is 657 g/mol. The Hall–Kier alpha value is -3.02. The number of anilines is 1. The molecule has 1 aromatic heterocycles. The maximum atomic E-state index is 15.2. The molecule has 0 bridgehead atoms. The smallest absolute Gasteiger partial charge is 0.412 e. The molecule has 0 aliphatic carbocycles. The molecule has 1 amide bonds. The molecule has 0 unspecified atom stereocenters. The van der Waals surface area contributed by atoms with Gasteiger partial charge in [0.2, 0.25) is 0 Å². The van der Waals surface area contributed by atoms with Gasteiger partial charge in [-0.2, -0.15) is 4.98 Å². The number of aromatic nitrogens is 2. The molecule has 12 heteroatoms. The first-order valence-corrected chi connectivity index (χ1v) is 20.0. The molecule has 0 saturated carbocycles. The van der Waals surface area contributed by atoms with E-state index in [1.807, 2.05) is 6.92 Å². The Labute approximate surface area is 305 Å². The number of amides is 1. The standard InChI is InChI=1S/C39H66FN3O8/c1-5-8-11-13-15-17-19-21-23-26-32(44)50-34-30(4)49-37(35(34)51-33(45)27-24-22-20-18-16-14-12-9-6-2)43-29-31(40)36(41-38(43)46)42-39(47)48-28-25-10-7-3/h29-30,34-35,37H,5-28H2,1-4H3,(H,41,42,46,47)/t30-,34-,35-,37-/m1/s1. The second-order valence-electron chi connectivity index (χ2n) is 13.9. The van der Waals surface area contributed by atoms with Gasteiger partial charge in [-0.05, 0) is 26.2 Å². The van der Waals surface area contributed by atoms with Crippen molar-refractivity contribution in [3.8, 4) is 0 Å². The highest BCUT2D eigenvalue weighted by atomic mass is 19.1. The quantitative estimate of drug-likeness (QED) is 0.0509. The summed E-state index contributed by atoms with van der Waals surface area (Å²) in [4.78, 5) is 55.0. The predicted octanol–water partition coefficient (Wildman–Crippen LogP) is 9.70. The van der Waals surface area contributed by atoms with Crippen LogP contribution in [-0.2, 0) is 28.5 Å². The molecule has 1 N–H and O–H groups in total. The van der Waals surface area contributed by atoms with E-state index in [1.54, 1.807) is 6.92 Å². The topological polar surface area (TPSA) is 135 Å². The lowest BCUT2D eigenvalue weighted by Crippen LogP contribution is -2.41. The van der Waals surface area contributed by atoms with Crippen LogP contribution >= 0.6 is 0 Å². The summed E-state index contributed by atoms with van der Waals surface area (Å²) in [6.07, 6.45) is 18.2. The van der Waals surface area contributed by atoms with Crippen LogP contribution in [0.2, 0.25) is 0 Å². The summed E-state index contributed by atoms with van der Waals surface area (Å²) in [5, 5.41) is 2.17. The first kappa shape index (κ1) is 44.1. The average Bonchev–Trinajstić information content (AvgIpc) is 3.39. The van der Waals surface area contributed by atoms with Gasteiger partial charge in [-0.25, -0.2) is 14.0 Å². The third-order valence-corrected chi connectivity index (χ3v) is 9.31. The highest BCUT2D eigenvalue weighted by Gasteiger charge is 2.49. The van der Waals surface area contributed by atoms with Crippen molar-refractivity contribution in [1.29, 1.82) is 0 Å². The number of halogens is 1. The monoisotopic (exact) mass is 723 g/mol. The summed E-state index contributed by atoms with van der Waals surface area (Å²) >= 11 is 0. The Morgan fingerprint density at radius 1 is 0.725 bits per heavy atom. The molecule has 4 atom stereocenters. The Bertz CT molecular complexity index is 1200. The third-order valence-electron chi connectivity index (χ3n) is 9.31. The van der Waals surface area contributed by atoms with Crippen molar-refractivity contribution < 1.29 is 37.7 Å². The van der Waals surface area contributed by atoms with Crippen molar-refractivity contribution >= 4 is 23.8 Å². The van der Waals surface area contributed by atoms with Crippen LogP contribution < -0.4 is 11.0 Å². The van der Waals surface area contributed by atoms with Crippen LogP contribution in [0.4, 0.5) is 15.0 Å². The maximum absolute atomic E-state index is 15.2. The van der Waals surface area contributed by atoms with Gasteiger partial charge in [-0.3, -0.25) is 19.5 Å². The maximum Gasteiger partial charge on any atom is 0.412 e. The van der Waals surface area contributed by atoms with Crippen molar-refractivity contribution in [1.82, 2.24) is 9.55 Å². The highest BCUT2D eigenvalue weighted by Crippen LogP contribution is 2.34. The predicted molar refractivity (Wildman–Crippen MR) is 196 cm³/mol. The summed E-state index contributed by atoms with van der Waals surface area (Å²) in [6.45, 7) is 8.21. The van der Waals surface area contributed by atoms with Crippen LogP contribution in [0.3, 0.4) is 0 Å². The number of ether oxygens (including phenoxy) is 4. The molecule has 1 aliphatic heterocycles. The normalized spacial score (nSPS) is 18.5. The molecule has 1 aromatic rings. The fraction of sp³-hybridized carbons (Fsp3) is 0.821. The summed E-state index contributed by atoms with van der Waals surface area (Å²) in [6, 6.07) is 0. The number of carbonyl (C=O) groups excluding carboxylic acids is 3. The van der Waals surface area contributed by atoms with E-state index in [-0.39, 0.29) is 19.4 Å². The van der Waals surface area contributed by atoms with E-state index < -0.39 is 59.9 Å². The van der Waals surface area contributed by atoms with Gasteiger partial charge >= 0.3 is 23.7 Å².